The van der Waals surface area contributed by atoms with Gasteiger partial charge in [0.05, 0.1) is 22.8 Å². The van der Waals surface area contributed by atoms with E-state index in [-0.39, 0.29) is 25.3 Å². The Morgan fingerprint density at radius 3 is 1.59 bits per heavy atom. The van der Waals surface area contributed by atoms with Crippen LogP contribution >= 0.6 is 0 Å². The summed E-state index contributed by atoms with van der Waals surface area (Å²) in [5.74, 6) is 0.152. The summed E-state index contributed by atoms with van der Waals surface area (Å²) in [5, 5.41) is 0. The number of carbonyl (C=O) groups excluding carboxylic acids is 3. The second-order valence-electron chi connectivity index (χ2n) is 6.58. The van der Waals surface area contributed by atoms with Crippen molar-refractivity contribution in [2.24, 2.45) is 0 Å². The fourth-order valence-electron chi connectivity index (χ4n) is 2.72. The Hall–Kier alpha value is -3.77. The van der Waals surface area contributed by atoms with E-state index in [1.165, 1.54) is 0 Å². The number of pyridine rings is 4. The molecule has 0 aliphatic rings. The normalized spacial score (nSPS) is 8.76. The molecule has 0 saturated carbocycles. The van der Waals surface area contributed by atoms with Crippen LogP contribution in [0.15, 0.2) is 85.5 Å². The number of hydrogen-bond donors (Lipinski definition) is 0. The summed E-state index contributed by atoms with van der Waals surface area (Å²) < 4.78 is 0. The second kappa shape index (κ2) is 17.7. The number of aryl methyl sites for hydroxylation is 1. The van der Waals surface area contributed by atoms with Gasteiger partial charge in [-0.15, -0.1) is 0 Å². The van der Waals surface area contributed by atoms with Crippen molar-refractivity contribution in [3.63, 3.8) is 0 Å². The first-order valence-corrected chi connectivity index (χ1v) is 9.79. The van der Waals surface area contributed by atoms with Crippen molar-refractivity contribution in [3.8, 4) is 22.8 Å². The minimum absolute atomic E-state index is 0. The predicted molar refractivity (Wildman–Crippen MR) is 128 cm³/mol. The van der Waals surface area contributed by atoms with Gasteiger partial charge in [0.25, 0.3) is 0 Å². The molecule has 4 aromatic rings. The van der Waals surface area contributed by atoms with Crippen LogP contribution in [0.5, 0.6) is 0 Å². The van der Waals surface area contributed by atoms with Gasteiger partial charge in [-0.2, -0.15) is 0 Å². The van der Waals surface area contributed by atoms with E-state index < -0.39 is 0 Å². The summed E-state index contributed by atoms with van der Waals surface area (Å²) in [6, 6.07) is 19.3. The van der Waals surface area contributed by atoms with Gasteiger partial charge in [-0.05, 0) is 73.5 Å². The van der Waals surface area contributed by atoms with Crippen LogP contribution in [0.1, 0.15) is 18.1 Å². The Bertz CT molecular complexity index is 1070. The van der Waals surface area contributed by atoms with Gasteiger partial charge in [0, 0.05) is 31.2 Å². The van der Waals surface area contributed by atoms with Crippen LogP contribution in [0.25, 0.3) is 22.8 Å². The van der Waals surface area contributed by atoms with Crippen LogP contribution < -0.4 is 0 Å². The molecule has 174 valence electrons. The molecular formula is C26H24N4O3Ru. The molecule has 0 radical (unpaired) electrons. The summed E-state index contributed by atoms with van der Waals surface area (Å²) in [7, 11) is 0. The largest absolute Gasteiger partial charge is 2.00 e. The summed E-state index contributed by atoms with van der Waals surface area (Å²) in [6.45, 7) is 10.1. The zero-order chi connectivity index (χ0) is 24.5. The summed E-state index contributed by atoms with van der Waals surface area (Å²) in [4.78, 5) is 43.5. The zero-order valence-corrected chi connectivity index (χ0v) is 20.5. The molecule has 4 heterocycles. The third-order valence-corrected chi connectivity index (χ3v) is 4.05. The van der Waals surface area contributed by atoms with E-state index in [4.69, 9.17) is 9.59 Å². The van der Waals surface area contributed by atoms with Gasteiger partial charge >= 0.3 is 19.5 Å². The first kappa shape index (κ1) is 30.2. The summed E-state index contributed by atoms with van der Waals surface area (Å²) >= 11 is 0. The van der Waals surface area contributed by atoms with Crippen molar-refractivity contribution in [3.05, 3.63) is 96.6 Å². The molecule has 0 aromatic carbocycles. The van der Waals surface area contributed by atoms with Gasteiger partial charge in [-0.3, -0.25) is 38.3 Å². The fraction of sp³-hybridized carbons (Fsp3) is 0.115. The van der Waals surface area contributed by atoms with E-state index in [2.05, 4.69) is 33.5 Å². The molecule has 8 heteroatoms. The monoisotopic (exact) mass is 542 g/mol. The molecule has 4 rings (SSSR count). The van der Waals surface area contributed by atoms with E-state index in [0.29, 0.717) is 6.42 Å². The molecule has 0 N–H and O–H groups in total. The van der Waals surface area contributed by atoms with Crippen LogP contribution in [0.2, 0.25) is 0 Å². The zero-order valence-electron chi connectivity index (χ0n) is 18.8. The van der Waals surface area contributed by atoms with E-state index in [1.54, 1.807) is 31.7 Å². The Balaban J connectivity index is 0.000000565. The Kier molecular flexibility index (Phi) is 15.8. The number of carbonyl (C=O) groups is 1. The van der Waals surface area contributed by atoms with Crippen molar-refractivity contribution in [2.45, 2.75) is 20.3 Å². The van der Waals surface area contributed by atoms with E-state index in [0.717, 1.165) is 33.9 Å². The van der Waals surface area contributed by atoms with E-state index in [9.17, 15) is 4.79 Å². The SMILES string of the molecule is CC(=O)Cc1ccnc(-c2cc(C)ccn2)c1.[CH-]=O.[CH-]=O.[Ru+2].c1ccc(-c2ccccn2)nc1. The third kappa shape index (κ3) is 10.7. The van der Waals surface area contributed by atoms with Crippen LogP contribution in [-0.4, -0.2) is 39.3 Å². The van der Waals surface area contributed by atoms with Crippen molar-refractivity contribution in [1.29, 1.82) is 0 Å². The average molecular weight is 542 g/mol. The predicted octanol–water partition coefficient (Wildman–Crippen LogP) is 4.18. The van der Waals surface area contributed by atoms with Crippen LogP contribution in [0.3, 0.4) is 0 Å². The first-order chi connectivity index (χ1) is 16.1. The molecule has 34 heavy (non-hydrogen) atoms. The maximum absolute atomic E-state index is 11.1. The molecule has 7 nitrogen and oxygen atoms in total. The topological polar surface area (TPSA) is 103 Å². The molecule has 0 unspecified atom stereocenters. The molecule has 0 atom stereocenters. The Morgan fingerprint density at radius 1 is 0.676 bits per heavy atom. The number of rotatable bonds is 4. The Morgan fingerprint density at radius 2 is 1.15 bits per heavy atom. The maximum atomic E-state index is 11.1. The van der Waals surface area contributed by atoms with E-state index >= 15 is 0 Å². The van der Waals surface area contributed by atoms with Gasteiger partial charge in [0.15, 0.2) is 0 Å². The van der Waals surface area contributed by atoms with Crippen molar-refractivity contribution >= 4 is 19.4 Å². The molecule has 0 spiro atoms. The molecular weight excluding hydrogens is 517 g/mol. The number of aromatic nitrogens is 4. The number of Topliss-reactive ketones (excluding diaryl/α,β-unsaturated/α-hetero) is 1. The number of hydrogen-bond acceptors (Lipinski definition) is 7. The molecule has 0 aliphatic carbocycles. The summed E-state index contributed by atoms with van der Waals surface area (Å²) in [6.07, 6.45) is 7.47. The molecule has 0 amide bonds. The third-order valence-electron chi connectivity index (χ3n) is 4.05. The van der Waals surface area contributed by atoms with Gasteiger partial charge in [0.1, 0.15) is 5.78 Å². The van der Waals surface area contributed by atoms with Gasteiger partial charge in [-0.1, -0.05) is 12.1 Å². The second-order valence-corrected chi connectivity index (χ2v) is 6.58. The number of nitrogens with zero attached hydrogens (tertiary/aromatic N) is 4. The van der Waals surface area contributed by atoms with Crippen molar-refractivity contribution in [2.75, 3.05) is 0 Å². The van der Waals surface area contributed by atoms with Crippen LogP contribution in [0, 0.1) is 6.92 Å². The average Bonchev–Trinajstić information content (AvgIpc) is 2.88. The Labute approximate surface area is 212 Å². The minimum atomic E-state index is 0. The fourth-order valence-corrected chi connectivity index (χ4v) is 2.72. The molecule has 0 bridgehead atoms. The molecule has 0 saturated heterocycles. The van der Waals surface area contributed by atoms with Gasteiger partial charge in [-0.25, -0.2) is 0 Å². The van der Waals surface area contributed by atoms with E-state index in [1.807, 2.05) is 67.6 Å². The van der Waals surface area contributed by atoms with Gasteiger partial charge < -0.3 is 9.59 Å². The van der Waals surface area contributed by atoms with Crippen molar-refractivity contribution < 1.29 is 33.9 Å². The quantitative estimate of drug-likeness (QED) is 0.217. The van der Waals surface area contributed by atoms with Crippen molar-refractivity contribution in [1.82, 2.24) is 19.9 Å². The summed E-state index contributed by atoms with van der Waals surface area (Å²) in [5.41, 5.74) is 5.61. The maximum Gasteiger partial charge on any atom is 2.00 e. The molecule has 0 aliphatic heterocycles. The van der Waals surface area contributed by atoms with Crippen LogP contribution in [-0.2, 0) is 40.3 Å². The molecule has 4 aromatic heterocycles. The minimum Gasteiger partial charge on any atom is -0.545 e. The molecule has 0 fully saturated rings. The standard InChI is InChI=1S/C14H14N2O.C10H8N2.2CHO.Ru/c1-10-3-5-15-13(7-10)14-9-12(4-6-16-14)8-11(2)17;1-3-7-11-9(5-1)10-6-2-4-8-12-10;2*1-2;/h3-7,9H,8H2,1-2H3;1-8H;2*1H;/q;;2*-1;+2. The smallest absolute Gasteiger partial charge is 0.545 e. The first-order valence-electron chi connectivity index (χ1n) is 9.79. The van der Waals surface area contributed by atoms with Crippen LogP contribution in [0.4, 0.5) is 0 Å². The van der Waals surface area contributed by atoms with Gasteiger partial charge in [0.2, 0.25) is 0 Å². The number of ketones is 1.